The zero-order valence-electron chi connectivity index (χ0n) is 19.7. The van der Waals surface area contributed by atoms with Gasteiger partial charge in [-0.2, -0.15) is 0 Å². The summed E-state index contributed by atoms with van der Waals surface area (Å²) in [5.41, 5.74) is 3.60. The summed E-state index contributed by atoms with van der Waals surface area (Å²) in [5.74, 6) is 6.84. The molecule has 0 saturated heterocycles. The lowest BCUT2D eigenvalue weighted by Gasteiger charge is -2.18. The van der Waals surface area contributed by atoms with Gasteiger partial charge in [-0.3, -0.25) is 14.3 Å². The van der Waals surface area contributed by atoms with E-state index in [2.05, 4.69) is 36.7 Å². The Morgan fingerprint density at radius 3 is 2.42 bits per heavy atom. The van der Waals surface area contributed by atoms with Gasteiger partial charge in [-0.15, -0.1) is 0 Å². The average Bonchev–Trinajstić information content (AvgIpc) is 2.85. The number of nitrogens with zero attached hydrogens (tertiary/aromatic N) is 2. The number of para-hydroxylation sites is 1. The highest BCUT2D eigenvalue weighted by Crippen LogP contribution is 2.27. The van der Waals surface area contributed by atoms with Crippen LogP contribution in [0, 0.1) is 11.8 Å². The van der Waals surface area contributed by atoms with Gasteiger partial charge in [0.25, 0.3) is 5.56 Å². The van der Waals surface area contributed by atoms with Gasteiger partial charge in [0.05, 0.1) is 11.2 Å². The summed E-state index contributed by atoms with van der Waals surface area (Å²) in [5, 5.41) is 2.79. The molecule has 168 valence electrons. The maximum absolute atomic E-state index is 13.9. The number of aromatic nitrogens is 2. The molecule has 2 heterocycles. The van der Waals surface area contributed by atoms with Crippen LogP contribution in [0.25, 0.3) is 27.4 Å². The van der Waals surface area contributed by atoms with Crippen LogP contribution in [-0.2, 0) is 6.42 Å². The second-order valence-electron chi connectivity index (χ2n) is 8.58. The molecule has 2 aromatic heterocycles. The molecule has 0 bridgehead atoms. The number of fused-ring (bicyclic) bond motifs is 2. The van der Waals surface area contributed by atoms with Crippen molar-refractivity contribution in [3.8, 4) is 17.5 Å². The van der Waals surface area contributed by atoms with Gasteiger partial charge < -0.3 is 0 Å². The molecule has 0 fully saturated rings. The summed E-state index contributed by atoms with van der Waals surface area (Å²) in [7, 11) is 0. The van der Waals surface area contributed by atoms with E-state index < -0.39 is 0 Å². The van der Waals surface area contributed by atoms with E-state index in [1.54, 1.807) is 6.20 Å². The average molecular weight is 437 g/mol. The predicted octanol–water partition coefficient (Wildman–Crippen LogP) is 7.20. The predicted molar refractivity (Wildman–Crippen MR) is 139 cm³/mol. The molecule has 0 saturated carbocycles. The molecule has 0 amide bonds. The molecule has 0 aliphatic rings. The van der Waals surface area contributed by atoms with Crippen molar-refractivity contribution in [1.82, 2.24) is 9.55 Å². The van der Waals surface area contributed by atoms with Crippen molar-refractivity contribution in [1.29, 1.82) is 0 Å². The van der Waals surface area contributed by atoms with Gasteiger partial charge >= 0.3 is 0 Å². The summed E-state index contributed by atoms with van der Waals surface area (Å²) in [6.07, 6.45) is 10.4. The van der Waals surface area contributed by atoms with E-state index in [9.17, 15) is 4.79 Å². The molecule has 0 N–H and O–H groups in total. The van der Waals surface area contributed by atoms with Crippen LogP contribution in [0.4, 0.5) is 0 Å². The third-order valence-corrected chi connectivity index (χ3v) is 6.19. The van der Waals surface area contributed by atoms with Crippen LogP contribution in [0.15, 0.2) is 65.6 Å². The minimum absolute atomic E-state index is 0.0270. The summed E-state index contributed by atoms with van der Waals surface area (Å²) < 4.78 is 1.83. The fourth-order valence-electron chi connectivity index (χ4n) is 4.46. The molecular formula is C30H32N2O. The summed E-state index contributed by atoms with van der Waals surface area (Å²) in [6, 6.07) is 18.0. The minimum atomic E-state index is -0.0270. The number of pyridine rings is 2. The first-order chi connectivity index (χ1) is 16.3. The molecular weight excluding hydrogens is 404 g/mol. The molecule has 0 radical (unpaired) electrons. The number of hydrogen-bond donors (Lipinski definition) is 0. The van der Waals surface area contributed by atoms with E-state index in [0.717, 1.165) is 71.6 Å². The van der Waals surface area contributed by atoms with Gasteiger partial charge in [0.2, 0.25) is 0 Å². The Morgan fingerprint density at radius 1 is 0.848 bits per heavy atom. The van der Waals surface area contributed by atoms with Gasteiger partial charge in [0, 0.05) is 23.4 Å². The molecule has 0 atom stereocenters. The number of hydrogen-bond acceptors (Lipinski definition) is 2. The lowest BCUT2D eigenvalue weighted by Crippen LogP contribution is -2.23. The topological polar surface area (TPSA) is 34.9 Å². The van der Waals surface area contributed by atoms with E-state index in [-0.39, 0.29) is 5.56 Å². The van der Waals surface area contributed by atoms with Crippen LogP contribution in [0.5, 0.6) is 0 Å². The molecule has 3 nitrogen and oxygen atoms in total. The van der Waals surface area contributed by atoms with Gasteiger partial charge in [-0.1, -0.05) is 81.8 Å². The Labute approximate surface area is 196 Å². The van der Waals surface area contributed by atoms with Crippen LogP contribution in [0.3, 0.4) is 0 Å². The van der Waals surface area contributed by atoms with Crippen LogP contribution < -0.4 is 5.56 Å². The largest absolute Gasteiger partial charge is 0.268 e. The van der Waals surface area contributed by atoms with Crippen LogP contribution in [0.1, 0.15) is 70.1 Å². The van der Waals surface area contributed by atoms with E-state index in [0.29, 0.717) is 0 Å². The highest BCUT2D eigenvalue weighted by atomic mass is 16.1. The van der Waals surface area contributed by atoms with Crippen LogP contribution in [0.2, 0.25) is 0 Å². The summed E-state index contributed by atoms with van der Waals surface area (Å²) >= 11 is 0. The number of aryl methyl sites for hydroxylation is 1. The first-order valence-corrected chi connectivity index (χ1v) is 12.3. The molecule has 0 aliphatic carbocycles. The second kappa shape index (κ2) is 11.0. The standard InChI is InChI=1S/C30H32N2O/c1-3-5-7-8-10-20-27-25(18-9-6-4-2)24-17-11-12-19-26(24)30(33)32(27)28-21-13-15-23-16-14-22-31-29(23)28/h11-17,19,21-22H,3-9,18H2,1-2H3. The van der Waals surface area contributed by atoms with E-state index in [1.165, 1.54) is 18.4 Å². The Hall–Kier alpha value is -3.38. The second-order valence-corrected chi connectivity index (χ2v) is 8.58. The fourth-order valence-corrected chi connectivity index (χ4v) is 4.46. The SMILES string of the molecule is CCCCCC#Cc1c(CCCCC)c2ccccc2c(=O)n1-c1cccc2cccnc12. The lowest BCUT2D eigenvalue weighted by atomic mass is 9.97. The fraction of sp³-hybridized carbons (Fsp3) is 0.333. The van der Waals surface area contributed by atoms with E-state index in [4.69, 9.17) is 0 Å². The third kappa shape index (κ3) is 4.86. The monoisotopic (exact) mass is 436 g/mol. The maximum Gasteiger partial charge on any atom is 0.264 e. The first kappa shape index (κ1) is 22.8. The Balaban J connectivity index is 2.02. The lowest BCUT2D eigenvalue weighted by molar-refractivity contribution is 0.715. The molecule has 0 spiro atoms. The zero-order valence-corrected chi connectivity index (χ0v) is 19.7. The number of unbranched alkanes of at least 4 members (excludes halogenated alkanes) is 5. The molecule has 4 rings (SSSR count). The Morgan fingerprint density at radius 2 is 1.61 bits per heavy atom. The zero-order chi connectivity index (χ0) is 23.0. The number of benzene rings is 2. The van der Waals surface area contributed by atoms with Gasteiger partial charge in [-0.25, -0.2) is 0 Å². The van der Waals surface area contributed by atoms with Crippen LogP contribution in [-0.4, -0.2) is 9.55 Å². The summed E-state index contributed by atoms with van der Waals surface area (Å²) in [4.78, 5) is 18.5. The van der Waals surface area contributed by atoms with E-state index >= 15 is 0 Å². The van der Waals surface area contributed by atoms with Gasteiger partial charge in [0.15, 0.2) is 0 Å². The Kier molecular flexibility index (Phi) is 7.58. The highest BCUT2D eigenvalue weighted by Gasteiger charge is 2.18. The summed E-state index contributed by atoms with van der Waals surface area (Å²) in [6.45, 7) is 4.42. The van der Waals surface area contributed by atoms with Crippen molar-refractivity contribution < 1.29 is 0 Å². The third-order valence-electron chi connectivity index (χ3n) is 6.19. The van der Waals surface area contributed by atoms with Crippen LogP contribution >= 0.6 is 0 Å². The minimum Gasteiger partial charge on any atom is -0.268 e. The maximum atomic E-state index is 13.9. The van der Waals surface area contributed by atoms with Crippen molar-refractivity contribution in [2.24, 2.45) is 0 Å². The van der Waals surface area contributed by atoms with Gasteiger partial charge in [0.1, 0.15) is 5.69 Å². The number of rotatable bonds is 8. The van der Waals surface area contributed by atoms with Crippen molar-refractivity contribution in [3.05, 3.63) is 82.4 Å². The smallest absolute Gasteiger partial charge is 0.264 e. The van der Waals surface area contributed by atoms with Crippen molar-refractivity contribution in [2.45, 2.75) is 65.2 Å². The molecule has 0 unspecified atom stereocenters. The molecule has 4 aromatic rings. The van der Waals surface area contributed by atoms with Crippen molar-refractivity contribution in [3.63, 3.8) is 0 Å². The quantitative estimate of drug-likeness (QED) is 0.216. The molecule has 3 heteroatoms. The normalized spacial score (nSPS) is 11.0. The molecule has 33 heavy (non-hydrogen) atoms. The van der Waals surface area contributed by atoms with Gasteiger partial charge in [-0.05, 0) is 54.3 Å². The van der Waals surface area contributed by atoms with E-state index in [1.807, 2.05) is 53.1 Å². The molecule has 0 aliphatic heterocycles. The highest BCUT2D eigenvalue weighted by molar-refractivity contribution is 5.90. The van der Waals surface area contributed by atoms with Crippen molar-refractivity contribution >= 4 is 21.7 Å². The molecule has 2 aromatic carbocycles. The van der Waals surface area contributed by atoms with Crippen molar-refractivity contribution in [2.75, 3.05) is 0 Å². The first-order valence-electron chi connectivity index (χ1n) is 12.3. The Bertz CT molecular complexity index is 1370.